The summed E-state index contributed by atoms with van der Waals surface area (Å²) in [4.78, 5) is 0. The second kappa shape index (κ2) is 4.45. The first-order chi connectivity index (χ1) is 5.24. The molecule has 0 amide bonds. The van der Waals surface area contributed by atoms with Gasteiger partial charge in [0.2, 0.25) is 0 Å². The first-order valence-corrected chi connectivity index (χ1v) is 5.33. The fourth-order valence-corrected chi connectivity index (χ4v) is 1.88. The van der Waals surface area contributed by atoms with Gasteiger partial charge in [-0.3, -0.25) is 0 Å². The molecule has 2 heteroatoms. The van der Waals surface area contributed by atoms with E-state index in [-0.39, 0.29) is 0 Å². The van der Waals surface area contributed by atoms with Crippen LogP contribution in [-0.2, 0) is 6.42 Å². The number of halogens is 2. The van der Waals surface area contributed by atoms with E-state index in [1.807, 2.05) is 0 Å². The van der Waals surface area contributed by atoms with E-state index in [4.69, 9.17) is 0 Å². The van der Waals surface area contributed by atoms with E-state index in [1.165, 1.54) is 9.13 Å². The topological polar surface area (TPSA) is 0 Å². The lowest BCUT2D eigenvalue weighted by molar-refractivity contribution is 1.13. The maximum Gasteiger partial charge on any atom is 0.0178 e. The predicted octanol–water partition coefficient (Wildman–Crippen LogP) is 3.82. The van der Waals surface area contributed by atoms with Crippen LogP contribution in [0.4, 0.5) is 0 Å². The van der Waals surface area contributed by atoms with Crippen molar-refractivity contribution in [3.8, 4) is 0 Å². The van der Waals surface area contributed by atoms with Crippen molar-refractivity contribution < 1.29 is 0 Å². The van der Waals surface area contributed by atoms with Crippen LogP contribution in [0.1, 0.15) is 12.5 Å². The van der Waals surface area contributed by atoms with Gasteiger partial charge in [-0.1, -0.05) is 22.9 Å². The number of hydrogen-bond donors (Lipinski definition) is 0. The van der Waals surface area contributed by atoms with E-state index in [0.717, 1.165) is 10.9 Å². The molecule has 0 bridgehead atoms. The lowest BCUT2D eigenvalue weighted by Crippen LogP contribution is -1.87. The average molecular weight is 324 g/mol. The molecule has 0 aliphatic carbocycles. The second-order valence-electron chi connectivity index (χ2n) is 2.35. The Balaban J connectivity index is 2.93. The van der Waals surface area contributed by atoms with Gasteiger partial charge in [-0.05, 0) is 59.2 Å². The summed E-state index contributed by atoms with van der Waals surface area (Å²) in [5, 5.41) is 0. The minimum absolute atomic E-state index is 1.05. The molecule has 1 radical (unpaired) electrons. The van der Waals surface area contributed by atoms with Crippen LogP contribution in [-0.4, -0.2) is 0 Å². The van der Waals surface area contributed by atoms with Crippen molar-refractivity contribution in [3.63, 3.8) is 0 Å². The standard InChI is InChI=1S/C9H9BrI/c1-2-3-7-6-8(10)4-5-9(7)11/h2,4-6H,3H2,1H3. The number of rotatable bonds is 2. The van der Waals surface area contributed by atoms with Crippen LogP contribution >= 0.6 is 38.5 Å². The molecule has 0 unspecified atom stereocenters. The zero-order valence-corrected chi connectivity index (χ0v) is 10.0. The average Bonchev–Trinajstić information content (AvgIpc) is 1.98. The molecule has 1 aromatic rings. The molecule has 0 aromatic heterocycles. The summed E-state index contributed by atoms with van der Waals surface area (Å²) in [7, 11) is 0. The van der Waals surface area contributed by atoms with E-state index in [2.05, 4.69) is 70.1 Å². The van der Waals surface area contributed by atoms with Crippen molar-refractivity contribution >= 4 is 38.5 Å². The van der Waals surface area contributed by atoms with Crippen molar-refractivity contribution in [2.75, 3.05) is 0 Å². The van der Waals surface area contributed by atoms with Crippen LogP contribution in [0, 0.1) is 9.99 Å². The van der Waals surface area contributed by atoms with E-state index < -0.39 is 0 Å². The van der Waals surface area contributed by atoms with Crippen LogP contribution in [0.2, 0.25) is 0 Å². The summed E-state index contributed by atoms with van der Waals surface area (Å²) in [6.07, 6.45) is 3.22. The molecule has 1 rings (SSSR count). The molecule has 0 atom stereocenters. The molecule has 0 N–H and O–H groups in total. The molecule has 0 spiro atoms. The van der Waals surface area contributed by atoms with Gasteiger partial charge >= 0.3 is 0 Å². The largest absolute Gasteiger partial charge is 0.0619 e. The fourth-order valence-electron chi connectivity index (χ4n) is 0.920. The highest BCUT2D eigenvalue weighted by molar-refractivity contribution is 14.1. The van der Waals surface area contributed by atoms with Gasteiger partial charge in [-0.15, -0.1) is 0 Å². The SMILES string of the molecule is C[CH]Cc1cc(Br)ccc1I. The van der Waals surface area contributed by atoms with Gasteiger partial charge in [0.15, 0.2) is 0 Å². The van der Waals surface area contributed by atoms with Gasteiger partial charge in [0.25, 0.3) is 0 Å². The van der Waals surface area contributed by atoms with Crippen molar-refractivity contribution in [2.45, 2.75) is 13.3 Å². The summed E-state index contributed by atoms with van der Waals surface area (Å²) in [5.41, 5.74) is 1.39. The van der Waals surface area contributed by atoms with Crippen molar-refractivity contribution in [3.05, 3.63) is 38.2 Å². The van der Waals surface area contributed by atoms with Gasteiger partial charge < -0.3 is 0 Å². The van der Waals surface area contributed by atoms with Gasteiger partial charge in [-0.2, -0.15) is 0 Å². The molecule has 0 heterocycles. The van der Waals surface area contributed by atoms with Gasteiger partial charge in [0, 0.05) is 8.04 Å². The second-order valence-corrected chi connectivity index (χ2v) is 4.43. The first kappa shape index (κ1) is 9.52. The number of hydrogen-bond acceptors (Lipinski definition) is 0. The molecule has 0 saturated carbocycles. The third-order valence-corrected chi connectivity index (χ3v) is 2.98. The smallest absolute Gasteiger partial charge is 0.0178 e. The van der Waals surface area contributed by atoms with Crippen LogP contribution < -0.4 is 0 Å². The molecule has 0 nitrogen and oxygen atoms in total. The van der Waals surface area contributed by atoms with Gasteiger partial charge in [-0.25, -0.2) is 0 Å². The molecule has 0 aliphatic rings. The lowest BCUT2D eigenvalue weighted by Gasteiger charge is -2.01. The third-order valence-electron chi connectivity index (χ3n) is 1.43. The Hall–Kier alpha value is 0.430. The summed E-state index contributed by atoms with van der Waals surface area (Å²) < 4.78 is 2.50. The molecule has 0 saturated heterocycles. The van der Waals surface area contributed by atoms with Crippen molar-refractivity contribution in [2.24, 2.45) is 0 Å². The molecule has 59 valence electrons. The van der Waals surface area contributed by atoms with Gasteiger partial charge in [0.05, 0.1) is 0 Å². The predicted molar refractivity (Wildman–Crippen MR) is 60.5 cm³/mol. The Morgan fingerprint density at radius 3 is 2.91 bits per heavy atom. The molecule has 0 aliphatic heterocycles. The zero-order valence-electron chi connectivity index (χ0n) is 6.27. The highest BCUT2D eigenvalue weighted by Gasteiger charge is 1.98. The maximum atomic E-state index is 3.45. The summed E-state index contributed by atoms with van der Waals surface area (Å²) in [5.74, 6) is 0. The lowest BCUT2D eigenvalue weighted by atomic mass is 10.1. The van der Waals surface area contributed by atoms with Crippen molar-refractivity contribution in [1.29, 1.82) is 0 Å². The van der Waals surface area contributed by atoms with Crippen molar-refractivity contribution in [1.82, 2.24) is 0 Å². The Morgan fingerprint density at radius 1 is 1.55 bits per heavy atom. The Morgan fingerprint density at radius 2 is 2.27 bits per heavy atom. The van der Waals surface area contributed by atoms with Crippen LogP contribution in [0.15, 0.2) is 22.7 Å². The van der Waals surface area contributed by atoms with E-state index >= 15 is 0 Å². The third kappa shape index (κ3) is 2.75. The van der Waals surface area contributed by atoms with E-state index in [0.29, 0.717) is 0 Å². The maximum absolute atomic E-state index is 3.45. The molecule has 0 fully saturated rings. The molecular weight excluding hydrogens is 315 g/mol. The Bertz CT molecular complexity index is 245. The molecule has 11 heavy (non-hydrogen) atoms. The van der Waals surface area contributed by atoms with E-state index in [1.54, 1.807) is 0 Å². The first-order valence-electron chi connectivity index (χ1n) is 3.46. The monoisotopic (exact) mass is 323 g/mol. The van der Waals surface area contributed by atoms with Crippen LogP contribution in [0.3, 0.4) is 0 Å². The normalized spacial score (nSPS) is 10.1. The van der Waals surface area contributed by atoms with E-state index in [9.17, 15) is 0 Å². The Labute approximate surface area is 89.7 Å². The Kier molecular flexibility index (Phi) is 3.85. The zero-order chi connectivity index (χ0) is 8.27. The van der Waals surface area contributed by atoms with Crippen LogP contribution in [0.25, 0.3) is 0 Å². The number of benzene rings is 1. The highest BCUT2D eigenvalue weighted by Crippen LogP contribution is 2.19. The van der Waals surface area contributed by atoms with Crippen LogP contribution in [0.5, 0.6) is 0 Å². The fraction of sp³-hybridized carbons (Fsp3) is 0.222. The minimum atomic E-state index is 1.05. The summed E-state index contributed by atoms with van der Waals surface area (Å²) in [6, 6.07) is 6.37. The quantitative estimate of drug-likeness (QED) is 0.726. The summed E-state index contributed by atoms with van der Waals surface area (Å²) >= 11 is 5.81. The minimum Gasteiger partial charge on any atom is -0.0619 e. The molecular formula is C9H9BrI. The highest BCUT2D eigenvalue weighted by atomic mass is 127. The molecule has 1 aromatic carbocycles. The van der Waals surface area contributed by atoms with Gasteiger partial charge in [0.1, 0.15) is 0 Å². The summed E-state index contributed by atoms with van der Waals surface area (Å²) in [6.45, 7) is 2.08.